The van der Waals surface area contributed by atoms with Crippen LogP contribution in [0.4, 0.5) is 5.95 Å². The van der Waals surface area contributed by atoms with Crippen molar-refractivity contribution in [1.82, 2.24) is 24.7 Å². The van der Waals surface area contributed by atoms with Gasteiger partial charge in [0.05, 0.1) is 6.04 Å². The lowest BCUT2D eigenvalue weighted by molar-refractivity contribution is 0.0690. The minimum Gasteiger partial charge on any atom is -0.477 e. The van der Waals surface area contributed by atoms with Crippen LogP contribution < -0.4 is 10.6 Å². The van der Waals surface area contributed by atoms with Crippen LogP contribution in [-0.2, 0) is 0 Å². The summed E-state index contributed by atoms with van der Waals surface area (Å²) < 4.78 is 1.53. The number of nitrogens with one attached hydrogen (secondary N) is 1. The SMILES string of the molecule is CC(C)c1nn(C2CCN(c3nccc(C(=O)O)n3)CC2)c(=O)[nH]1. The maximum Gasteiger partial charge on any atom is 0.354 e. The minimum atomic E-state index is -1.07. The highest BCUT2D eigenvalue weighted by atomic mass is 16.4. The number of piperidine rings is 1. The van der Waals surface area contributed by atoms with E-state index in [9.17, 15) is 9.59 Å². The van der Waals surface area contributed by atoms with E-state index in [0.717, 1.165) is 12.8 Å². The fraction of sp³-hybridized carbons (Fsp3) is 0.533. The van der Waals surface area contributed by atoms with Crippen molar-refractivity contribution >= 4 is 11.9 Å². The van der Waals surface area contributed by atoms with E-state index in [2.05, 4.69) is 20.1 Å². The molecule has 0 radical (unpaired) electrons. The van der Waals surface area contributed by atoms with E-state index in [1.165, 1.54) is 16.9 Å². The quantitative estimate of drug-likeness (QED) is 0.858. The molecule has 1 aliphatic rings. The van der Waals surface area contributed by atoms with E-state index < -0.39 is 5.97 Å². The molecule has 0 bridgehead atoms. The molecule has 0 saturated carbocycles. The van der Waals surface area contributed by atoms with Gasteiger partial charge in [-0.2, -0.15) is 5.10 Å². The van der Waals surface area contributed by atoms with Gasteiger partial charge in [0.2, 0.25) is 5.95 Å². The molecule has 0 atom stereocenters. The van der Waals surface area contributed by atoms with Crippen LogP contribution in [-0.4, -0.2) is 48.9 Å². The number of nitrogens with zero attached hydrogens (tertiary/aromatic N) is 5. The van der Waals surface area contributed by atoms with Crippen molar-refractivity contribution in [3.63, 3.8) is 0 Å². The zero-order valence-corrected chi connectivity index (χ0v) is 13.6. The predicted octanol–water partition coefficient (Wildman–Crippen LogP) is 1.02. The molecule has 0 unspecified atom stereocenters. The van der Waals surface area contributed by atoms with Crippen LogP contribution in [0.3, 0.4) is 0 Å². The zero-order valence-electron chi connectivity index (χ0n) is 13.6. The van der Waals surface area contributed by atoms with Crippen molar-refractivity contribution in [2.24, 2.45) is 0 Å². The molecule has 1 saturated heterocycles. The number of aromatic amines is 1. The van der Waals surface area contributed by atoms with Crippen molar-refractivity contribution in [2.75, 3.05) is 18.0 Å². The lowest BCUT2D eigenvalue weighted by atomic mass is 10.1. The standard InChI is InChI=1S/C15H20N6O3/c1-9(2)12-18-15(24)21(19-12)10-4-7-20(8-5-10)14-16-6-3-11(17-14)13(22)23/h3,6,9-10H,4-5,7-8H2,1-2H3,(H,22,23)(H,18,19,24). The van der Waals surface area contributed by atoms with Crippen LogP contribution in [0.25, 0.3) is 0 Å². The van der Waals surface area contributed by atoms with Crippen molar-refractivity contribution < 1.29 is 9.90 Å². The third kappa shape index (κ3) is 3.15. The Bertz CT molecular complexity index is 789. The Balaban J connectivity index is 1.71. The average Bonchev–Trinajstić information content (AvgIpc) is 2.97. The summed E-state index contributed by atoms with van der Waals surface area (Å²) in [5, 5.41) is 13.4. The molecule has 128 valence electrons. The Labute approximate surface area is 138 Å². The van der Waals surface area contributed by atoms with Gasteiger partial charge in [-0.15, -0.1) is 0 Å². The number of aromatic nitrogens is 5. The second kappa shape index (κ2) is 6.42. The number of carboxylic acid groups (broad SMARTS) is 1. The third-order valence-corrected chi connectivity index (χ3v) is 4.16. The van der Waals surface area contributed by atoms with Gasteiger partial charge in [0.1, 0.15) is 5.82 Å². The predicted molar refractivity (Wildman–Crippen MR) is 86.4 cm³/mol. The second-order valence-electron chi connectivity index (χ2n) is 6.18. The summed E-state index contributed by atoms with van der Waals surface area (Å²) in [6, 6.07) is 1.40. The van der Waals surface area contributed by atoms with Gasteiger partial charge in [0, 0.05) is 25.2 Å². The van der Waals surface area contributed by atoms with E-state index in [-0.39, 0.29) is 23.3 Å². The number of hydrogen-bond acceptors (Lipinski definition) is 6. The van der Waals surface area contributed by atoms with Crippen molar-refractivity contribution in [3.8, 4) is 0 Å². The third-order valence-electron chi connectivity index (χ3n) is 4.16. The average molecular weight is 332 g/mol. The fourth-order valence-corrected chi connectivity index (χ4v) is 2.79. The van der Waals surface area contributed by atoms with Crippen LogP contribution in [0.1, 0.15) is 55.0 Å². The van der Waals surface area contributed by atoms with Crippen LogP contribution in [0, 0.1) is 0 Å². The van der Waals surface area contributed by atoms with Gasteiger partial charge in [-0.05, 0) is 18.9 Å². The largest absolute Gasteiger partial charge is 0.477 e. The smallest absolute Gasteiger partial charge is 0.354 e. The highest BCUT2D eigenvalue weighted by molar-refractivity contribution is 5.85. The molecule has 1 fully saturated rings. The number of aromatic carboxylic acids is 1. The number of carboxylic acids is 1. The molecule has 9 nitrogen and oxygen atoms in total. The van der Waals surface area contributed by atoms with Crippen LogP contribution in [0.5, 0.6) is 0 Å². The van der Waals surface area contributed by atoms with Gasteiger partial charge in [-0.1, -0.05) is 13.8 Å². The molecule has 9 heteroatoms. The molecule has 2 aromatic rings. The molecule has 24 heavy (non-hydrogen) atoms. The van der Waals surface area contributed by atoms with Gasteiger partial charge >= 0.3 is 11.7 Å². The number of anilines is 1. The highest BCUT2D eigenvalue weighted by Crippen LogP contribution is 2.23. The maximum atomic E-state index is 12.1. The minimum absolute atomic E-state index is 0.0211. The van der Waals surface area contributed by atoms with E-state index in [4.69, 9.17) is 5.11 Å². The first-order valence-corrected chi connectivity index (χ1v) is 7.95. The topological polar surface area (TPSA) is 117 Å². The molecule has 0 aromatic carbocycles. The van der Waals surface area contributed by atoms with Gasteiger partial charge in [0.15, 0.2) is 5.69 Å². The van der Waals surface area contributed by atoms with Crippen molar-refractivity contribution in [3.05, 3.63) is 34.3 Å². The number of rotatable bonds is 4. The zero-order chi connectivity index (χ0) is 17.3. The van der Waals surface area contributed by atoms with Crippen LogP contribution >= 0.6 is 0 Å². The summed E-state index contributed by atoms with van der Waals surface area (Å²) in [7, 11) is 0. The van der Waals surface area contributed by atoms with E-state index in [0.29, 0.717) is 24.9 Å². The molecule has 3 rings (SSSR count). The van der Waals surface area contributed by atoms with E-state index in [1.54, 1.807) is 0 Å². The summed E-state index contributed by atoms with van der Waals surface area (Å²) in [6.07, 6.45) is 2.90. The van der Waals surface area contributed by atoms with Crippen molar-refractivity contribution in [2.45, 2.75) is 38.6 Å². The summed E-state index contributed by atoms with van der Waals surface area (Å²) in [6.45, 7) is 5.25. The van der Waals surface area contributed by atoms with Gasteiger partial charge in [0.25, 0.3) is 0 Å². The Morgan fingerprint density at radius 3 is 2.67 bits per heavy atom. The lowest BCUT2D eigenvalue weighted by Crippen LogP contribution is -2.38. The van der Waals surface area contributed by atoms with E-state index >= 15 is 0 Å². The molecule has 0 aliphatic carbocycles. The Kier molecular flexibility index (Phi) is 4.32. The summed E-state index contributed by atoms with van der Waals surface area (Å²) in [5.74, 6) is 0.203. The second-order valence-corrected chi connectivity index (χ2v) is 6.18. The Morgan fingerprint density at radius 2 is 2.08 bits per heavy atom. The van der Waals surface area contributed by atoms with Gasteiger partial charge in [-0.3, -0.25) is 4.98 Å². The van der Waals surface area contributed by atoms with Gasteiger partial charge in [-0.25, -0.2) is 24.2 Å². The molecule has 2 aromatic heterocycles. The lowest BCUT2D eigenvalue weighted by Gasteiger charge is -2.31. The van der Waals surface area contributed by atoms with Crippen LogP contribution in [0.2, 0.25) is 0 Å². The monoisotopic (exact) mass is 332 g/mol. The number of carbonyl (C=O) groups is 1. The normalized spacial score (nSPS) is 15.9. The molecule has 0 spiro atoms. The Hall–Kier alpha value is -2.71. The molecule has 0 amide bonds. The number of hydrogen-bond donors (Lipinski definition) is 2. The molecular formula is C15H20N6O3. The molecular weight excluding hydrogens is 312 g/mol. The van der Waals surface area contributed by atoms with Crippen molar-refractivity contribution in [1.29, 1.82) is 0 Å². The first-order valence-electron chi connectivity index (χ1n) is 7.95. The molecule has 3 heterocycles. The summed E-state index contributed by atoms with van der Waals surface area (Å²) in [4.78, 5) is 36.0. The fourth-order valence-electron chi connectivity index (χ4n) is 2.79. The molecule has 2 N–H and O–H groups in total. The first-order chi connectivity index (χ1) is 11.5. The summed E-state index contributed by atoms with van der Waals surface area (Å²) in [5.41, 5.74) is -0.200. The van der Waals surface area contributed by atoms with Crippen LogP contribution in [0.15, 0.2) is 17.1 Å². The highest BCUT2D eigenvalue weighted by Gasteiger charge is 2.25. The molecule has 1 aliphatic heterocycles. The maximum absolute atomic E-state index is 12.1. The summed E-state index contributed by atoms with van der Waals surface area (Å²) >= 11 is 0. The van der Waals surface area contributed by atoms with Gasteiger partial charge < -0.3 is 10.0 Å². The Morgan fingerprint density at radius 1 is 1.38 bits per heavy atom. The van der Waals surface area contributed by atoms with E-state index in [1.807, 2.05) is 18.7 Å². The first kappa shape index (κ1) is 16.2. The number of H-pyrrole nitrogens is 1.